The van der Waals surface area contributed by atoms with Crippen molar-refractivity contribution in [2.24, 2.45) is 0 Å². The fraction of sp³-hybridized carbons (Fsp3) is 0.286. The number of nitrogens with one attached hydrogen (secondary N) is 1. The van der Waals surface area contributed by atoms with E-state index in [1.54, 1.807) is 24.5 Å². The van der Waals surface area contributed by atoms with Gasteiger partial charge in [-0.3, -0.25) is 0 Å². The minimum absolute atomic E-state index is 0.266. The van der Waals surface area contributed by atoms with Crippen molar-refractivity contribution in [2.45, 2.75) is 6.04 Å². The summed E-state index contributed by atoms with van der Waals surface area (Å²) in [6, 6.07) is 4.71. The van der Waals surface area contributed by atoms with Crippen LogP contribution < -0.4 is 14.8 Å². The molecule has 7 heteroatoms. The van der Waals surface area contributed by atoms with Crippen LogP contribution in [0, 0.1) is 5.82 Å². The zero-order valence-corrected chi connectivity index (χ0v) is 15.7. The van der Waals surface area contributed by atoms with Gasteiger partial charge in [0.25, 0.3) is 0 Å². The van der Waals surface area contributed by atoms with Gasteiger partial charge in [0.2, 0.25) is 0 Å². The van der Waals surface area contributed by atoms with Crippen molar-refractivity contribution >= 4 is 43.2 Å². The number of thiophene rings is 1. The summed E-state index contributed by atoms with van der Waals surface area (Å²) in [7, 11) is 4.81. The van der Waals surface area contributed by atoms with Crippen molar-refractivity contribution in [2.75, 3.05) is 21.3 Å². The van der Waals surface area contributed by atoms with Crippen LogP contribution in [-0.4, -0.2) is 21.3 Å². The first-order chi connectivity index (χ1) is 10.0. The number of rotatable bonds is 5. The van der Waals surface area contributed by atoms with Gasteiger partial charge in [-0.25, -0.2) is 4.39 Å². The maximum atomic E-state index is 14.4. The van der Waals surface area contributed by atoms with Gasteiger partial charge in [-0.1, -0.05) is 0 Å². The van der Waals surface area contributed by atoms with E-state index in [2.05, 4.69) is 37.2 Å². The first-order valence-corrected chi connectivity index (χ1v) is 8.45. The van der Waals surface area contributed by atoms with Crippen LogP contribution in [0.5, 0.6) is 11.5 Å². The zero-order chi connectivity index (χ0) is 15.6. The van der Waals surface area contributed by atoms with Gasteiger partial charge >= 0.3 is 0 Å². The number of ether oxygens (including phenoxy) is 2. The predicted molar refractivity (Wildman–Crippen MR) is 90.1 cm³/mol. The highest BCUT2D eigenvalue weighted by Gasteiger charge is 2.22. The minimum atomic E-state index is -0.340. The van der Waals surface area contributed by atoms with Crippen LogP contribution in [0.4, 0.5) is 4.39 Å². The molecule has 2 aromatic rings. The monoisotopic (exact) mass is 437 g/mol. The van der Waals surface area contributed by atoms with Crippen LogP contribution in [0.15, 0.2) is 26.5 Å². The number of methoxy groups -OCH3 is 2. The molecule has 0 spiro atoms. The summed E-state index contributed by atoms with van der Waals surface area (Å²) >= 11 is 8.46. The highest BCUT2D eigenvalue weighted by atomic mass is 79.9. The van der Waals surface area contributed by atoms with E-state index in [0.717, 1.165) is 13.1 Å². The predicted octanol–water partition coefficient (Wildman–Crippen LogP) is 4.74. The molecule has 0 aliphatic carbocycles. The van der Waals surface area contributed by atoms with Crippen molar-refractivity contribution in [1.82, 2.24) is 5.32 Å². The molecular weight excluding hydrogens is 425 g/mol. The highest BCUT2D eigenvalue weighted by Crippen LogP contribution is 2.40. The Labute approximate surface area is 143 Å². The van der Waals surface area contributed by atoms with E-state index in [1.165, 1.54) is 20.3 Å². The molecule has 1 unspecified atom stereocenters. The van der Waals surface area contributed by atoms with Gasteiger partial charge in [-0.2, -0.15) is 0 Å². The van der Waals surface area contributed by atoms with Gasteiger partial charge in [-0.15, -0.1) is 11.3 Å². The number of benzene rings is 1. The standard InChI is InChI=1S/C14H14Br2FNO2S/c1-18-13(12-5-8(15)14(16)21-12)7-4-10(19-2)11(20-3)6-9(7)17/h4-6,13,18H,1-3H3. The van der Waals surface area contributed by atoms with Crippen LogP contribution in [0.25, 0.3) is 0 Å². The van der Waals surface area contributed by atoms with E-state index < -0.39 is 0 Å². The molecule has 0 fully saturated rings. The fourth-order valence-corrected chi connectivity index (χ4v) is 4.27. The molecule has 0 saturated carbocycles. The lowest BCUT2D eigenvalue weighted by molar-refractivity contribution is 0.351. The Kier molecular flexibility index (Phi) is 5.65. The smallest absolute Gasteiger partial charge is 0.163 e. The minimum Gasteiger partial charge on any atom is -0.493 e. The molecule has 114 valence electrons. The molecule has 1 atom stereocenters. The maximum Gasteiger partial charge on any atom is 0.163 e. The first kappa shape index (κ1) is 16.7. The normalized spacial score (nSPS) is 12.3. The van der Waals surface area contributed by atoms with E-state index >= 15 is 0 Å². The topological polar surface area (TPSA) is 30.5 Å². The van der Waals surface area contributed by atoms with Crippen molar-refractivity contribution in [1.29, 1.82) is 0 Å². The van der Waals surface area contributed by atoms with Crippen LogP contribution in [0.1, 0.15) is 16.5 Å². The molecule has 0 saturated heterocycles. The quantitative estimate of drug-likeness (QED) is 0.731. The largest absolute Gasteiger partial charge is 0.493 e. The van der Waals surface area contributed by atoms with Crippen LogP contribution in [0.2, 0.25) is 0 Å². The molecule has 1 aromatic heterocycles. The SMILES string of the molecule is CNC(c1cc(Br)c(Br)s1)c1cc(OC)c(OC)cc1F. The van der Waals surface area contributed by atoms with Crippen molar-refractivity contribution < 1.29 is 13.9 Å². The second kappa shape index (κ2) is 7.09. The van der Waals surface area contributed by atoms with Crippen LogP contribution in [0.3, 0.4) is 0 Å². The average Bonchev–Trinajstić information content (AvgIpc) is 2.80. The van der Waals surface area contributed by atoms with Crippen LogP contribution >= 0.6 is 43.2 Å². The molecule has 0 aliphatic rings. The number of hydrogen-bond acceptors (Lipinski definition) is 4. The summed E-state index contributed by atoms with van der Waals surface area (Å²) in [6.07, 6.45) is 0. The summed E-state index contributed by atoms with van der Waals surface area (Å²) in [6.45, 7) is 0. The van der Waals surface area contributed by atoms with Gasteiger partial charge in [0, 0.05) is 21.0 Å². The Balaban J connectivity index is 2.51. The Morgan fingerprint density at radius 1 is 1.14 bits per heavy atom. The molecule has 0 aliphatic heterocycles. The van der Waals surface area contributed by atoms with E-state index in [0.29, 0.717) is 17.1 Å². The Bertz CT molecular complexity index is 629. The molecule has 1 heterocycles. The van der Waals surface area contributed by atoms with Gasteiger partial charge in [-0.05, 0) is 51.0 Å². The second-order valence-corrected chi connectivity index (χ2v) is 7.48. The fourth-order valence-electron chi connectivity index (χ4n) is 2.05. The van der Waals surface area contributed by atoms with Gasteiger partial charge < -0.3 is 14.8 Å². The van der Waals surface area contributed by atoms with E-state index in [1.807, 2.05) is 6.07 Å². The van der Waals surface area contributed by atoms with E-state index in [9.17, 15) is 4.39 Å². The molecule has 2 rings (SSSR count). The lowest BCUT2D eigenvalue weighted by atomic mass is 10.0. The third-order valence-corrected chi connectivity index (χ3v) is 6.37. The lowest BCUT2D eigenvalue weighted by Gasteiger charge is -2.18. The Morgan fingerprint density at radius 2 is 1.76 bits per heavy atom. The second-order valence-electron chi connectivity index (χ2n) is 4.22. The molecule has 1 N–H and O–H groups in total. The molecule has 0 bridgehead atoms. The van der Waals surface area contributed by atoms with Crippen molar-refractivity contribution in [3.63, 3.8) is 0 Å². The summed E-state index contributed by atoms with van der Waals surface area (Å²) in [4.78, 5) is 0.988. The summed E-state index contributed by atoms with van der Waals surface area (Å²) in [5, 5.41) is 3.14. The molecule has 0 radical (unpaired) electrons. The van der Waals surface area contributed by atoms with E-state index in [4.69, 9.17) is 9.47 Å². The molecule has 1 aromatic carbocycles. The third-order valence-electron chi connectivity index (χ3n) is 3.05. The maximum absolute atomic E-state index is 14.4. The summed E-state index contributed by atoms with van der Waals surface area (Å²) in [5.74, 6) is 0.540. The first-order valence-electron chi connectivity index (χ1n) is 6.05. The van der Waals surface area contributed by atoms with Crippen LogP contribution in [-0.2, 0) is 0 Å². The van der Waals surface area contributed by atoms with Gasteiger partial charge in [0.1, 0.15) is 5.82 Å². The third kappa shape index (κ3) is 3.41. The number of hydrogen-bond donors (Lipinski definition) is 1. The summed E-state index contributed by atoms with van der Waals surface area (Å²) in [5.41, 5.74) is 0.511. The van der Waals surface area contributed by atoms with Crippen molar-refractivity contribution in [3.8, 4) is 11.5 Å². The highest BCUT2D eigenvalue weighted by molar-refractivity contribution is 9.13. The molecular formula is C14H14Br2FNO2S. The molecule has 3 nitrogen and oxygen atoms in total. The van der Waals surface area contributed by atoms with E-state index in [-0.39, 0.29) is 11.9 Å². The van der Waals surface area contributed by atoms with Gasteiger partial charge in [0.15, 0.2) is 11.5 Å². The summed E-state index contributed by atoms with van der Waals surface area (Å²) < 4.78 is 26.7. The van der Waals surface area contributed by atoms with Gasteiger partial charge in [0.05, 0.1) is 24.0 Å². The molecule has 21 heavy (non-hydrogen) atoms. The zero-order valence-electron chi connectivity index (χ0n) is 11.7. The van der Waals surface area contributed by atoms with Crippen molar-refractivity contribution in [3.05, 3.63) is 42.7 Å². The number of halogens is 3. The molecule has 0 amide bonds. The average molecular weight is 439 g/mol. The lowest BCUT2D eigenvalue weighted by Crippen LogP contribution is -2.18. The Hall–Kier alpha value is -0.630. The Morgan fingerprint density at radius 3 is 2.24 bits per heavy atom.